The van der Waals surface area contributed by atoms with Gasteiger partial charge < -0.3 is 9.73 Å². The first-order valence-electron chi connectivity index (χ1n) is 6.95. The van der Waals surface area contributed by atoms with E-state index in [0.29, 0.717) is 11.8 Å². The fourth-order valence-electron chi connectivity index (χ4n) is 2.23. The Kier molecular flexibility index (Phi) is 6.44. The van der Waals surface area contributed by atoms with Crippen LogP contribution in [-0.2, 0) is 13.1 Å². The molecule has 0 amide bonds. The van der Waals surface area contributed by atoms with Crippen LogP contribution in [0.4, 0.5) is 0 Å². The summed E-state index contributed by atoms with van der Waals surface area (Å²) in [6, 6.07) is 4.16. The van der Waals surface area contributed by atoms with Crippen molar-refractivity contribution in [2.45, 2.75) is 40.8 Å². The minimum atomic E-state index is 0.690. The maximum atomic E-state index is 5.81. The van der Waals surface area contributed by atoms with Gasteiger partial charge in [-0.15, -0.1) is 0 Å². The molecule has 1 N–H and O–H groups in total. The molecule has 1 heterocycles. The molecule has 1 aromatic rings. The number of nitrogens with zero attached hydrogens (tertiary/aromatic N) is 1. The van der Waals surface area contributed by atoms with E-state index in [0.717, 1.165) is 37.7 Å². The van der Waals surface area contributed by atoms with Crippen LogP contribution in [0.2, 0.25) is 0 Å². The lowest BCUT2D eigenvalue weighted by atomic mass is 10.1. The van der Waals surface area contributed by atoms with Gasteiger partial charge in [0.15, 0.2) is 0 Å². The molecule has 1 rings (SSSR count). The van der Waals surface area contributed by atoms with Crippen molar-refractivity contribution < 1.29 is 4.42 Å². The highest BCUT2D eigenvalue weighted by molar-refractivity contribution is 5.07. The van der Waals surface area contributed by atoms with E-state index < -0.39 is 0 Å². The molecule has 104 valence electrons. The molecule has 3 nitrogen and oxygen atoms in total. The predicted octanol–water partition coefficient (Wildman–Crippen LogP) is 3.11. The van der Waals surface area contributed by atoms with E-state index in [2.05, 4.69) is 50.0 Å². The molecule has 0 aromatic carbocycles. The molecule has 0 bridgehead atoms. The van der Waals surface area contributed by atoms with Crippen molar-refractivity contribution in [2.75, 3.05) is 20.1 Å². The number of rotatable bonds is 8. The zero-order chi connectivity index (χ0) is 13.5. The number of hydrogen-bond donors (Lipinski definition) is 1. The van der Waals surface area contributed by atoms with E-state index in [4.69, 9.17) is 4.42 Å². The van der Waals surface area contributed by atoms with Crippen LogP contribution in [-0.4, -0.2) is 25.0 Å². The maximum Gasteiger partial charge on any atom is 0.118 e. The van der Waals surface area contributed by atoms with Gasteiger partial charge in [-0.2, -0.15) is 0 Å². The van der Waals surface area contributed by atoms with Crippen LogP contribution in [0.3, 0.4) is 0 Å². The van der Waals surface area contributed by atoms with E-state index in [1.807, 2.05) is 7.05 Å². The van der Waals surface area contributed by atoms with Gasteiger partial charge in [0.05, 0.1) is 13.1 Å². The zero-order valence-corrected chi connectivity index (χ0v) is 12.5. The summed E-state index contributed by atoms with van der Waals surface area (Å²) < 4.78 is 5.81. The summed E-state index contributed by atoms with van der Waals surface area (Å²) in [5.41, 5.74) is 0. The minimum Gasteiger partial charge on any atom is -0.463 e. The fraction of sp³-hybridized carbons (Fsp3) is 0.733. The summed E-state index contributed by atoms with van der Waals surface area (Å²) in [6.07, 6.45) is 0. The van der Waals surface area contributed by atoms with Crippen LogP contribution in [0.25, 0.3) is 0 Å². The third-order valence-electron chi connectivity index (χ3n) is 2.69. The van der Waals surface area contributed by atoms with E-state index in [1.54, 1.807) is 0 Å². The SMILES string of the molecule is CNCc1ccc(CN(CC(C)C)CC(C)C)o1. The molecular formula is C15H28N2O. The molecular weight excluding hydrogens is 224 g/mol. The van der Waals surface area contributed by atoms with Crippen molar-refractivity contribution in [2.24, 2.45) is 11.8 Å². The lowest BCUT2D eigenvalue weighted by Gasteiger charge is -2.25. The molecule has 0 fully saturated rings. The van der Waals surface area contributed by atoms with E-state index in [-0.39, 0.29) is 0 Å². The molecule has 18 heavy (non-hydrogen) atoms. The number of nitrogens with one attached hydrogen (secondary N) is 1. The topological polar surface area (TPSA) is 28.4 Å². The number of furan rings is 1. The van der Waals surface area contributed by atoms with Crippen molar-refractivity contribution in [3.05, 3.63) is 23.7 Å². The van der Waals surface area contributed by atoms with Gasteiger partial charge in [0.25, 0.3) is 0 Å². The molecule has 0 spiro atoms. The Morgan fingerprint density at radius 1 is 1.06 bits per heavy atom. The summed E-state index contributed by atoms with van der Waals surface area (Å²) in [5.74, 6) is 3.47. The summed E-state index contributed by atoms with van der Waals surface area (Å²) in [5, 5.41) is 3.11. The Hall–Kier alpha value is -0.800. The summed E-state index contributed by atoms with van der Waals surface area (Å²) in [7, 11) is 1.94. The molecule has 3 heteroatoms. The summed E-state index contributed by atoms with van der Waals surface area (Å²) in [6.45, 7) is 13.0. The van der Waals surface area contributed by atoms with E-state index in [9.17, 15) is 0 Å². The van der Waals surface area contributed by atoms with Crippen LogP contribution in [0.15, 0.2) is 16.5 Å². The molecule has 0 atom stereocenters. The molecule has 0 aliphatic carbocycles. The highest BCUT2D eigenvalue weighted by atomic mass is 16.3. The first-order chi connectivity index (χ1) is 8.51. The van der Waals surface area contributed by atoms with Crippen LogP contribution in [0, 0.1) is 11.8 Å². The predicted molar refractivity (Wildman–Crippen MR) is 76.4 cm³/mol. The first-order valence-corrected chi connectivity index (χ1v) is 6.95. The molecule has 0 saturated heterocycles. The van der Waals surface area contributed by atoms with Crippen molar-refractivity contribution in [1.82, 2.24) is 10.2 Å². The second-order valence-corrected chi connectivity index (χ2v) is 5.88. The van der Waals surface area contributed by atoms with E-state index >= 15 is 0 Å². The van der Waals surface area contributed by atoms with Gasteiger partial charge in [-0.05, 0) is 31.0 Å². The Bertz CT molecular complexity index is 321. The standard InChI is InChI=1S/C15H28N2O/c1-12(2)9-17(10-13(3)4)11-15-7-6-14(18-15)8-16-5/h6-7,12-13,16H,8-11H2,1-5H3. The molecule has 0 unspecified atom stereocenters. The maximum absolute atomic E-state index is 5.81. The molecule has 1 aromatic heterocycles. The average molecular weight is 252 g/mol. The van der Waals surface area contributed by atoms with Crippen molar-refractivity contribution in [3.63, 3.8) is 0 Å². The fourth-order valence-corrected chi connectivity index (χ4v) is 2.23. The van der Waals surface area contributed by atoms with Crippen molar-refractivity contribution in [3.8, 4) is 0 Å². The zero-order valence-electron chi connectivity index (χ0n) is 12.5. The minimum absolute atomic E-state index is 0.690. The molecule has 0 radical (unpaired) electrons. The van der Waals surface area contributed by atoms with Crippen LogP contribution in [0.5, 0.6) is 0 Å². The van der Waals surface area contributed by atoms with Gasteiger partial charge >= 0.3 is 0 Å². The number of hydrogen-bond acceptors (Lipinski definition) is 3. The molecule has 0 aliphatic heterocycles. The van der Waals surface area contributed by atoms with Crippen molar-refractivity contribution in [1.29, 1.82) is 0 Å². The molecule has 0 saturated carbocycles. The Labute approximate surface area is 112 Å². The van der Waals surface area contributed by atoms with Gasteiger partial charge in [-0.1, -0.05) is 27.7 Å². The van der Waals surface area contributed by atoms with Gasteiger partial charge in [-0.25, -0.2) is 0 Å². The lowest BCUT2D eigenvalue weighted by molar-refractivity contribution is 0.195. The lowest BCUT2D eigenvalue weighted by Crippen LogP contribution is -2.30. The highest BCUT2D eigenvalue weighted by Gasteiger charge is 2.12. The highest BCUT2D eigenvalue weighted by Crippen LogP contribution is 2.13. The van der Waals surface area contributed by atoms with Gasteiger partial charge in [0, 0.05) is 13.1 Å². The summed E-state index contributed by atoms with van der Waals surface area (Å²) >= 11 is 0. The Morgan fingerprint density at radius 2 is 1.61 bits per heavy atom. The van der Waals surface area contributed by atoms with Gasteiger partial charge in [-0.3, -0.25) is 4.90 Å². The van der Waals surface area contributed by atoms with Gasteiger partial charge in [0.2, 0.25) is 0 Å². The average Bonchev–Trinajstić information content (AvgIpc) is 2.64. The quantitative estimate of drug-likeness (QED) is 0.770. The third kappa shape index (κ3) is 5.69. The monoisotopic (exact) mass is 252 g/mol. The largest absolute Gasteiger partial charge is 0.463 e. The normalized spacial score (nSPS) is 12.0. The Balaban J connectivity index is 2.57. The summed E-state index contributed by atoms with van der Waals surface area (Å²) in [4.78, 5) is 2.48. The second-order valence-electron chi connectivity index (χ2n) is 5.88. The molecule has 0 aliphatic rings. The first kappa shape index (κ1) is 15.3. The van der Waals surface area contributed by atoms with Crippen LogP contribution >= 0.6 is 0 Å². The third-order valence-corrected chi connectivity index (χ3v) is 2.69. The van der Waals surface area contributed by atoms with Crippen LogP contribution in [0.1, 0.15) is 39.2 Å². The second kappa shape index (κ2) is 7.59. The smallest absolute Gasteiger partial charge is 0.118 e. The van der Waals surface area contributed by atoms with E-state index in [1.165, 1.54) is 0 Å². The van der Waals surface area contributed by atoms with Gasteiger partial charge in [0.1, 0.15) is 11.5 Å². The van der Waals surface area contributed by atoms with Crippen LogP contribution < -0.4 is 5.32 Å². The van der Waals surface area contributed by atoms with Crippen molar-refractivity contribution >= 4 is 0 Å². The Morgan fingerprint density at radius 3 is 2.11 bits per heavy atom.